The van der Waals surface area contributed by atoms with Gasteiger partial charge in [0.15, 0.2) is 0 Å². The first-order valence-corrected chi connectivity index (χ1v) is 8.73. The van der Waals surface area contributed by atoms with E-state index in [1.165, 1.54) is 48.6 Å². The van der Waals surface area contributed by atoms with E-state index in [9.17, 15) is 0 Å². The molecule has 0 unspecified atom stereocenters. The second-order valence-corrected chi connectivity index (χ2v) is 7.94. The lowest BCUT2D eigenvalue weighted by molar-refractivity contribution is -0.0221. The summed E-state index contributed by atoms with van der Waals surface area (Å²) in [5.74, 6) is 0. The molecule has 3 aliphatic rings. The summed E-state index contributed by atoms with van der Waals surface area (Å²) >= 11 is 0. The molecule has 2 nitrogen and oxygen atoms in total. The topological polar surface area (TPSA) is 16.4 Å². The molecule has 2 aromatic carbocycles. The second-order valence-electron chi connectivity index (χ2n) is 7.94. The summed E-state index contributed by atoms with van der Waals surface area (Å²) in [6, 6.07) is 15.3. The van der Waals surface area contributed by atoms with E-state index in [0.717, 1.165) is 11.2 Å². The molecule has 6 rings (SSSR count). The zero-order chi connectivity index (χ0) is 15.7. The Hall–Kier alpha value is -1.80. The fraction of sp³-hybridized carbons (Fsp3) is 0.429. The maximum absolute atomic E-state index is 6.12. The molecule has 1 aromatic heterocycles. The third-order valence-electron chi connectivity index (χ3n) is 6.74. The smallest absolute Gasteiger partial charge is 0.135 e. The number of hydrogen-bond donors (Lipinski definition) is 0. The Labute approximate surface area is 137 Å². The van der Waals surface area contributed by atoms with Crippen molar-refractivity contribution in [3.8, 4) is 0 Å². The van der Waals surface area contributed by atoms with Gasteiger partial charge in [-0.3, -0.25) is 0 Å². The van der Waals surface area contributed by atoms with Crippen molar-refractivity contribution in [2.75, 3.05) is 13.6 Å². The molecule has 0 radical (unpaired) electrons. The summed E-state index contributed by atoms with van der Waals surface area (Å²) in [6.45, 7) is 3.60. The summed E-state index contributed by atoms with van der Waals surface area (Å²) in [5, 5.41) is 2.47. The van der Waals surface area contributed by atoms with Gasteiger partial charge in [-0.2, -0.15) is 0 Å². The van der Waals surface area contributed by atoms with E-state index in [1.807, 2.05) is 6.07 Å². The maximum Gasteiger partial charge on any atom is 0.135 e. The van der Waals surface area contributed by atoms with E-state index < -0.39 is 0 Å². The highest BCUT2D eigenvalue weighted by Crippen LogP contribution is 2.51. The van der Waals surface area contributed by atoms with Crippen LogP contribution in [0.5, 0.6) is 0 Å². The van der Waals surface area contributed by atoms with Gasteiger partial charge in [0, 0.05) is 28.3 Å². The molecule has 1 saturated carbocycles. The zero-order valence-electron chi connectivity index (χ0n) is 13.9. The third kappa shape index (κ3) is 1.79. The van der Waals surface area contributed by atoms with E-state index in [4.69, 9.17) is 4.42 Å². The van der Waals surface area contributed by atoms with Crippen molar-refractivity contribution in [1.82, 2.24) is 4.90 Å². The lowest BCUT2D eigenvalue weighted by atomic mass is 9.60. The van der Waals surface area contributed by atoms with Crippen LogP contribution in [0.25, 0.3) is 21.9 Å². The number of para-hydroxylation sites is 1. The summed E-state index contributed by atoms with van der Waals surface area (Å²) < 4.78 is 6.12. The standard InChI is InChI=1S/C21H23NO/c1-20-9-11-21(12-10-20,14-22(20)2)15-7-8-17-16-5-3-4-6-18(16)23-19(17)13-15/h3-8,13H,9-12,14H2,1-2H3. The number of fused-ring (bicyclic) bond motifs is 6. The lowest BCUT2D eigenvalue weighted by Crippen LogP contribution is -2.60. The minimum atomic E-state index is 0.319. The van der Waals surface area contributed by atoms with Gasteiger partial charge >= 0.3 is 0 Å². The fourth-order valence-corrected chi connectivity index (χ4v) is 4.89. The van der Waals surface area contributed by atoms with Crippen molar-refractivity contribution in [3.63, 3.8) is 0 Å². The Morgan fingerprint density at radius 1 is 0.913 bits per heavy atom. The van der Waals surface area contributed by atoms with Crippen LogP contribution in [0.15, 0.2) is 46.9 Å². The first kappa shape index (κ1) is 13.6. The average Bonchev–Trinajstić information content (AvgIpc) is 2.94. The summed E-state index contributed by atoms with van der Waals surface area (Å²) in [5.41, 5.74) is 4.25. The second kappa shape index (κ2) is 4.39. The van der Waals surface area contributed by atoms with Crippen LogP contribution >= 0.6 is 0 Å². The van der Waals surface area contributed by atoms with Gasteiger partial charge in [-0.25, -0.2) is 0 Å². The van der Waals surface area contributed by atoms with Crippen molar-refractivity contribution in [2.24, 2.45) is 0 Å². The number of benzene rings is 2. The highest BCUT2D eigenvalue weighted by Gasteiger charge is 2.50. The van der Waals surface area contributed by atoms with Crippen molar-refractivity contribution in [2.45, 2.75) is 43.6 Å². The molecule has 2 saturated heterocycles. The predicted molar refractivity (Wildman–Crippen MR) is 94.9 cm³/mol. The van der Waals surface area contributed by atoms with E-state index in [0.29, 0.717) is 11.0 Å². The molecular formula is C21H23NO. The van der Waals surface area contributed by atoms with E-state index in [1.54, 1.807) is 0 Å². The van der Waals surface area contributed by atoms with Crippen molar-refractivity contribution in [3.05, 3.63) is 48.0 Å². The molecule has 23 heavy (non-hydrogen) atoms. The van der Waals surface area contributed by atoms with Crippen LogP contribution in [0.4, 0.5) is 0 Å². The minimum Gasteiger partial charge on any atom is -0.456 e. The van der Waals surface area contributed by atoms with Crippen LogP contribution in [0.2, 0.25) is 0 Å². The molecule has 2 bridgehead atoms. The Kier molecular flexibility index (Phi) is 2.60. The van der Waals surface area contributed by atoms with Crippen molar-refractivity contribution >= 4 is 21.9 Å². The molecule has 3 fully saturated rings. The predicted octanol–water partition coefficient (Wildman–Crippen LogP) is 5.10. The first-order chi connectivity index (χ1) is 11.1. The van der Waals surface area contributed by atoms with E-state index in [-0.39, 0.29) is 0 Å². The largest absolute Gasteiger partial charge is 0.456 e. The molecule has 118 valence electrons. The van der Waals surface area contributed by atoms with Crippen molar-refractivity contribution in [1.29, 1.82) is 0 Å². The van der Waals surface area contributed by atoms with Gasteiger partial charge in [0.1, 0.15) is 11.2 Å². The first-order valence-electron chi connectivity index (χ1n) is 8.73. The quantitative estimate of drug-likeness (QED) is 0.622. The summed E-state index contributed by atoms with van der Waals surface area (Å²) in [4.78, 5) is 2.59. The van der Waals surface area contributed by atoms with Gasteiger partial charge in [-0.15, -0.1) is 0 Å². The average molecular weight is 305 g/mol. The number of piperidine rings is 2. The fourth-order valence-electron chi connectivity index (χ4n) is 4.89. The maximum atomic E-state index is 6.12. The molecular weight excluding hydrogens is 282 g/mol. The Balaban J connectivity index is 1.65. The van der Waals surface area contributed by atoms with E-state index in [2.05, 4.69) is 55.3 Å². The normalized spacial score (nSPS) is 31.2. The molecule has 2 heteroatoms. The Morgan fingerprint density at radius 2 is 1.65 bits per heavy atom. The van der Waals surface area contributed by atoms with E-state index >= 15 is 0 Å². The van der Waals surface area contributed by atoms with Gasteiger partial charge in [-0.1, -0.05) is 30.3 Å². The zero-order valence-corrected chi connectivity index (χ0v) is 13.9. The number of rotatable bonds is 1. The summed E-state index contributed by atoms with van der Waals surface area (Å²) in [6.07, 6.45) is 5.22. The van der Waals surface area contributed by atoms with Crippen LogP contribution < -0.4 is 0 Å². The minimum absolute atomic E-state index is 0.319. The molecule has 0 spiro atoms. The van der Waals surface area contributed by atoms with Crippen LogP contribution in [0.1, 0.15) is 38.2 Å². The molecule has 3 heterocycles. The van der Waals surface area contributed by atoms with Gasteiger partial charge in [0.05, 0.1) is 0 Å². The third-order valence-corrected chi connectivity index (χ3v) is 6.74. The molecule has 0 atom stereocenters. The number of furan rings is 1. The highest BCUT2D eigenvalue weighted by molar-refractivity contribution is 6.04. The molecule has 1 aliphatic carbocycles. The lowest BCUT2D eigenvalue weighted by Gasteiger charge is -2.58. The Morgan fingerprint density at radius 3 is 2.43 bits per heavy atom. The van der Waals surface area contributed by atoms with Crippen LogP contribution in [0.3, 0.4) is 0 Å². The number of likely N-dealkylation sites (N-methyl/N-ethyl adjacent to an activating group) is 1. The molecule has 2 aliphatic heterocycles. The SMILES string of the molecule is CN1CC2(c3ccc4c(c3)oc3ccccc34)CCC1(C)CC2. The molecule has 3 aromatic rings. The highest BCUT2D eigenvalue weighted by atomic mass is 16.3. The Bertz CT molecular complexity index is 898. The van der Waals surface area contributed by atoms with Crippen LogP contribution in [-0.4, -0.2) is 24.0 Å². The van der Waals surface area contributed by atoms with Crippen molar-refractivity contribution < 1.29 is 4.42 Å². The molecule has 0 amide bonds. The number of nitrogens with zero attached hydrogens (tertiary/aromatic N) is 1. The number of hydrogen-bond acceptors (Lipinski definition) is 2. The van der Waals surface area contributed by atoms with Gasteiger partial charge in [0.25, 0.3) is 0 Å². The van der Waals surface area contributed by atoms with Crippen LogP contribution in [-0.2, 0) is 5.41 Å². The van der Waals surface area contributed by atoms with Crippen LogP contribution in [0, 0.1) is 0 Å². The molecule has 0 N–H and O–H groups in total. The van der Waals surface area contributed by atoms with Gasteiger partial charge in [-0.05, 0) is 57.4 Å². The van der Waals surface area contributed by atoms with Gasteiger partial charge in [0.2, 0.25) is 0 Å². The monoisotopic (exact) mass is 305 g/mol. The van der Waals surface area contributed by atoms with Gasteiger partial charge < -0.3 is 9.32 Å². The summed E-state index contributed by atoms with van der Waals surface area (Å²) in [7, 11) is 2.30.